The third-order valence-corrected chi connectivity index (χ3v) is 6.50. The molecule has 1 atom stereocenters. The van der Waals surface area contributed by atoms with Crippen LogP contribution in [-0.2, 0) is 10.2 Å². The van der Waals surface area contributed by atoms with E-state index in [-0.39, 0.29) is 5.41 Å². The van der Waals surface area contributed by atoms with Crippen LogP contribution < -0.4 is 5.32 Å². The molecule has 0 amide bonds. The maximum absolute atomic E-state index is 5.91. The zero-order chi connectivity index (χ0) is 21.6. The third kappa shape index (κ3) is 4.31. The summed E-state index contributed by atoms with van der Waals surface area (Å²) < 4.78 is 11.3. The summed E-state index contributed by atoms with van der Waals surface area (Å²) in [5, 5.41) is 12.9. The molecule has 3 heterocycles. The van der Waals surface area contributed by atoms with E-state index in [0.717, 1.165) is 43.8 Å². The van der Waals surface area contributed by atoms with Gasteiger partial charge in [0.15, 0.2) is 0 Å². The number of nitrogens with zero attached hydrogens (tertiary/aromatic N) is 3. The summed E-state index contributed by atoms with van der Waals surface area (Å²) in [4.78, 5) is 5.01. The van der Waals surface area contributed by atoms with Crippen LogP contribution in [-0.4, -0.2) is 34.9 Å². The van der Waals surface area contributed by atoms with E-state index >= 15 is 0 Å². The largest absolute Gasteiger partial charge is 0.402 e. The molecule has 1 aliphatic heterocycles. The average molecular weight is 421 g/mol. The Morgan fingerprint density at radius 2 is 1.94 bits per heavy atom. The Morgan fingerprint density at radius 3 is 2.65 bits per heavy atom. The lowest BCUT2D eigenvalue weighted by Crippen LogP contribution is -2.13. The molecular weight excluding hydrogens is 388 g/mol. The Hall–Kier alpha value is -2.47. The van der Waals surface area contributed by atoms with Crippen LogP contribution in [0.1, 0.15) is 69.1 Å². The number of fused-ring (bicyclic) bond motifs is 1. The SMILES string of the molecule is Cc1cc(-c2nnc(NCCC3CCOC3)o2)nc2c(C(C)(C)C)cc(C3CC3)cc12. The second-order valence-corrected chi connectivity index (χ2v) is 10.2. The number of pyridine rings is 1. The van der Waals surface area contributed by atoms with Crippen LogP contribution in [0.25, 0.3) is 22.5 Å². The minimum Gasteiger partial charge on any atom is -0.402 e. The van der Waals surface area contributed by atoms with Gasteiger partial charge >= 0.3 is 6.01 Å². The summed E-state index contributed by atoms with van der Waals surface area (Å²) in [6.45, 7) is 11.5. The summed E-state index contributed by atoms with van der Waals surface area (Å²) in [5.74, 6) is 1.80. The first-order chi connectivity index (χ1) is 14.9. The van der Waals surface area contributed by atoms with E-state index in [9.17, 15) is 0 Å². The van der Waals surface area contributed by atoms with Crippen molar-refractivity contribution < 1.29 is 9.15 Å². The number of anilines is 1. The second-order valence-electron chi connectivity index (χ2n) is 10.2. The van der Waals surface area contributed by atoms with E-state index in [1.165, 1.54) is 34.9 Å². The Morgan fingerprint density at radius 1 is 1.10 bits per heavy atom. The number of benzene rings is 1. The predicted molar refractivity (Wildman–Crippen MR) is 122 cm³/mol. The Bertz CT molecular complexity index is 1090. The summed E-state index contributed by atoms with van der Waals surface area (Å²) in [6, 6.07) is 7.22. The lowest BCUT2D eigenvalue weighted by atomic mass is 9.83. The molecule has 6 heteroatoms. The number of aromatic nitrogens is 3. The van der Waals surface area contributed by atoms with Crippen LogP contribution in [0.3, 0.4) is 0 Å². The number of ether oxygens (including phenoxy) is 1. The van der Waals surface area contributed by atoms with E-state index in [0.29, 0.717) is 23.7 Å². The number of rotatable bonds is 6. The van der Waals surface area contributed by atoms with Crippen LogP contribution in [0.5, 0.6) is 0 Å². The quantitative estimate of drug-likeness (QED) is 0.559. The Labute approximate surface area is 183 Å². The number of hydrogen-bond donors (Lipinski definition) is 1. The van der Waals surface area contributed by atoms with Gasteiger partial charge in [-0.25, -0.2) is 4.98 Å². The summed E-state index contributed by atoms with van der Waals surface area (Å²) in [7, 11) is 0. The van der Waals surface area contributed by atoms with Crippen molar-refractivity contribution >= 4 is 16.9 Å². The molecule has 1 unspecified atom stereocenters. The molecule has 1 aliphatic carbocycles. The molecule has 2 aromatic heterocycles. The fraction of sp³-hybridized carbons (Fsp3) is 0.560. The molecule has 5 rings (SSSR count). The van der Waals surface area contributed by atoms with Gasteiger partial charge in [-0.15, -0.1) is 5.10 Å². The maximum Gasteiger partial charge on any atom is 0.315 e. The molecule has 0 radical (unpaired) electrons. The zero-order valence-corrected chi connectivity index (χ0v) is 19.0. The molecule has 2 aliphatic rings. The molecule has 1 saturated carbocycles. The molecule has 1 saturated heterocycles. The number of aryl methyl sites for hydroxylation is 1. The standard InChI is InChI=1S/C25H32N4O2/c1-15-11-21(23-28-29-24(31-23)26-9-7-16-8-10-30-14-16)27-22-19(15)12-18(17-5-6-17)13-20(22)25(2,3)4/h11-13,16-17H,5-10,14H2,1-4H3,(H,26,29). The van der Waals surface area contributed by atoms with Crippen molar-refractivity contribution in [2.24, 2.45) is 5.92 Å². The van der Waals surface area contributed by atoms with Crippen molar-refractivity contribution in [1.82, 2.24) is 15.2 Å². The number of hydrogen-bond acceptors (Lipinski definition) is 6. The number of nitrogens with one attached hydrogen (secondary N) is 1. The molecule has 1 N–H and O–H groups in total. The smallest absolute Gasteiger partial charge is 0.315 e. The highest BCUT2D eigenvalue weighted by Gasteiger charge is 2.28. The topological polar surface area (TPSA) is 73.1 Å². The first kappa shape index (κ1) is 20.4. The van der Waals surface area contributed by atoms with Crippen molar-refractivity contribution in [3.63, 3.8) is 0 Å². The molecule has 1 aromatic carbocycles. The van der Waals surface area contributed by atoms with Gasteiger partial charge in [-0.1, -0.05) is 31.9 Å². The molecule has 3 aromatic rings. The maximum atomic E-state index is 5.91. The van der Waals surface area contributed by atoms with E-state index in [1.54, 1.807) is 0 Å². The van der Waals surface area contributed by atoms with Gasteiger partial charge in [0.25, 0.3) is 5.89 Å². The second kappa shape index (κ2) is 7.90. The fourth-order valence-electron chi connectivity index (χ4n) is 4.44. The van der Waals surface area contributed by atoms with Crippen molar-refractivity contribution in [2.75, 3.05) is 25.1 Å². The molecule has 6 nitrogen and oxygen atoms in total. The monoisotopic (exact) mass is 420 g/mol. The van der Waals surface area contributed by atoms with Gasteiger partial charge in [-0.3, -0.25) is 0 Å². The molecule has 2 fully saturated rings. The normalized spacial score (nSPS) is 19.3. The van der Waals surface area contributed by atoms with Crippen LogP contribution in [0.15, 0.2) is 22.6 Å². The molecular formula is C25H32N4O2. The first-order valence-electron chi connectivity index (χ1n) is 11.5. The molecule has 0 spiro atoms. The van der Waals surface area contributed by atoms with Gasteiger partial charge in [0, 0.05) is 25.1 Å². The van der Waals surface area contributed by atoms with Crippen molar-refractivity contribution in [1.29, 1.82) is 0 Å². The Balaban J connectivity index is 1.44. The van der Waals surface area contributed by atoms with Gasteiger partial charge in [0.1, 0.15) is 5.69 Å². The molecule has 164 valence electrons. The van der Waals surface area contributed by atoms with Gasteiger partial charge in [-0.05, 0) is 78.7 Å². The fourth-order valence-corrected chi connectivity index (χ4v) is 4.44. The van der Waals surface area contributed by atoms with Crippen LogP contribution in [0, 0.1) is 12.8 Å². The highest BCUT2D eigenvalue weighted by Crippen LogP contribution is 2.44. The van der Waals surface area contributed by atoms with Crippen LogP contribution in [0.2, 0.25) is 0 Å². The van der Waals surface area contributed by atoms with Crippen LogP contribution in [0.4, 0.5) is 6.01 Å². The van der Waals surface area contributed by atoms with Crippen LogP contribution >= 0.6 is 0 Å². The first-order valence-corrected chi connectivity index (χ1v) is 11.5. The lowest BCUT2D eigenvalue weighted by molar-refractivity contribution is 0.185. The summed E-state index contributed by atoms with van der Waals surface area (Å²) >= 11 is 0. The van der Waals surface area contributed by atoms with Gasteiger partial charge in [0.05, 0.1) is 5.52 Å². The average Bonchev–Trinajstić information content (AvgIpc) is 3.24. The highest BCUT2D eigenvalue weighted by atomic mass is 16.5. The molecule has 0 bridgehead atoms. The minimum absolute atomic E-state index is 0.00667. The van der Waals surface area contributed by atoms with E-state index in [1.807, 2.05) is 0 Å². The predicted octanol–water partition coefficient (Wildman–Crippen LogP) is 5.61. The van der Waals surface area contributed by atoms with E-state index < -0.39 is 0 Å². The lowest BCUT2D eigenvalue weighted by Gasteiger charge is -2.23. The zero-order valence-electron chi connectivity index (χ0n) is 19.0. The van der Waals surface area contributed by atoms with Crippen molar-refractivity contribution in [3.05, 3.63) is 34.9 Å². The Kier molecular flexibility index (Phi) is 5.21. The third-order valence-electron chi connectivity index (χ3n) is 6.50. The summed E-state index contributed by atoms with van der Waals surface area (Å²) in [5.41, 5.74) is 5.72. The van der Waals surface area contributed by atoms with Crippen molar-refractivity contribution in [3.8, 4) is 11.6 Å². The van der Waals surface area contributed by atoms with Crippen molar-refractivity contribution in [2.45, 2.75) is 64.7 Å². The summed E-state index contributed by atoms with van der Waals surface area (Å²) in [6.07, 6.45) is 4.77. The van der Waals surface area contributed by atoms with E-state index in [4.69, 9.17) is 14.1 Å². The minimum atomic E-state index is 0.00667. The van der Waals surface area contributed by atoms with Gasteiger partial charge < -0.3 is 14.5 Å². The highest BCUT2D eigenvalue weighted by molar-refractivity contribution is 5.88. The van der Waals surface area contributed by atoms with Gasteiger partial charge in [0.2, 0.25) is 0 Å². The van der Waals surface area contributed by atoms with Gasteiger partial charge in [-0.2, -0.15) is 0 Å². The molecule has 31 heavy (non-hydrogen) atoms. The van der Waals surface area contributed by atoms with E-state index in [2.05, 4.69) is 61.4 Å².